The minimum Gasteiger partial charge on any atom is -0.379 e. The van der Waals surface area contributed by atoms with Gasteiger partial charge in [-0.1, -0.05) is 46.8 Å². The maximum Gasteiger partial charge on any atom is 0.0982 e. The smallest absolute Gasteiger partial charge is 0.0982 e. The van der Waals surface area contributed by atoms with Crippen molar-refractivity contribution in [3.05, 3.63) is 45.9 Å². The Morgan fingerprint density at radius 2 is 1.86 bits per heavy atom. The number of hydrogen-bond acceptors (Lipinski definition) is 3. The topological polar surface area (TPSA) is 24.9 Å². The van der Waals surface area contributed by atoms with Crippen LogP contribution >= 0.6 is 11.3 Å². The van der Waals surface area contributed by atoms with Crippen molar-refractivity contribution in [3.8, 4) is 0 Å². The lowest BCUT2D eigenvalue weighted by atomic mass is 9.98. The molecule has 0 amide bonds. The molecule has 1 aromatic carbocycles. The molecule has 1 atom stereocenters. The fourth-order valence-electron chi connectivity index (χ4n) is 2.09. The van der Waals surface area contributed by atoms with Crippen molar-refractivity contribution in [2.24, 2.45) is 0 Å². The number of benzene rings is 1. The highest BCUT2D eigenvalue weighted by Gasteiger charge is 2.17. The number of hydrogen-bond donors (Lipinski definition) is 1. The number of thiazole rings is 1. The third-order valence-electron chi connectivity index (χ3n) is 3.76. The average molecular weight is 302 g/mol. The molecular weight excluding hydrogens is 276 g/mol. The molecule has 2 rings (SSSR count). The van der Waals surface area contributed by atoms with Crippen LogP contribution in [-0.4, -0.2) is 4.98 Å². The van der Waals surface area contributed by atoms with Gasteiger partial charge in [-0.15, -0.1) is 11.3 Å². The summed E-state index contributed by atoms with van der Waals surface area (Å²) in [4.78, 5) is 4.71. The fourth-order valence-corrected chi connectivity index (χ4v) is 3.00. The highest BCUT2D eigenvalue weighted by Crippen LogP contribution is 2.26. The van der Waals surface area contributed by atoms with Gasteiger partial charge in [0.1, 0.15) is 0 Å². The highest BCUT2D eigenvalue weighted by atomic mass is 32.1. The summed E-state index contributed by atoms with van der Waals surface area (Å²) in [5.74, 6) is 0.631. The van der Waals surface area contributed by atoms with Crippen molar-refractivity contribution < 1.29 is 0 Å². The fraction of sp³-hybridized carbons (Fsp3) is 0.500. The average Bonchev–Trinajstić information content (AvgIpc) is 2.94. The molecule has 2 aromatic rings. The minimum absolute atomic E-state index is 0.140. The Morgan fingerprint density at radius 3 is 2.38 bits per heavy atom. The Morgan fingerprint density at radius 1 is 1.19 bits per heavy atom. The SMILES string of the molecule is CCC(C)c1ccc(NCc2csc(C(C)(C)C)n2)cc1. The van der Waals surface area contributed by atoms with Crippen LogP contribution in [0, 0.1) is 0 Å². The standard InChI is InChI=1S/C18H26N2S/c1-6-13(2)14-7-9-15(10-8-14)19-11-16-12-21-17(20-16)18(3,4)5/h7-10,12-13,19H,6,11H2,1-5H3. The minimum atomic E-state index is 0.140. The lowest BCUT2D eigenvalue weighted by molar-refractivity contribution is 0.583. The summed E-state index contributed by atoms with van der Waals surface area (Å²) in [5, 5.41) is 6.81. The van der Waals surface area contributed by atoms with E-state index in [2.05, 4.69) is 69.6 Å². The van der Waals surface area contributed by atoms with E-state index in [-0.39, 0.29) is 5.41 Å². The number of aromatic nitrogens is 1. The Bertz CT molecular complexity index is 564. The molecule has 1 heterocycles. The molecule has 0 aliphatic heterocycles. The van der Waals surface area contributed by atoms with Crippen molar-refractivity contribution >= 4 is 17.0 Å². The first kappa shape index (κ1) is 16.0. The van der Waals surface area contributed by atoms with Crippen molar-refractivity contribution in [3.63, 3.8) is 0 Å². The largest absolute Gasteiger partial charge is 0.379 e. The number of rotatable bonds is 5. The second-order valence-corrected chi connectivity index (χ2v) is 7.54. The Hall–Kier alpha value is -1.35. The van der Waals surface area contributed by atoms with E-state index >= 15 is 0 Å². The highest BCUT2D eigenvalue weighted by molar-refractivity contribution is 7.09. The summed E-state index contributed by atoms with van der Waals surface area (Å²) in [6.07, 6.45) is 1.18. The lowest BCUT2D eigenvalue weighted by Crippen LogP contribution is -2.11. The first-order valence-electron chi connectivity index (χ1n) is 7.69. The predicted octanol–water partition coefficient (Wildman–Crippen LogP) is 5.57. The van der Waals surface area contributed by atoms with Gasteiger partial charge in [0.05, 0.1) is 17.2 Å². The van der Waals surface area contributed by atoms with Gasteiger partial charge >= 0.3 is 0 Å². The zero-order chi connectivity index (χ0) is 15.5. The van der Waals surface area contributed by atoms with Crippen LogP contribution < -0.4 is 5.32 Å². The first-order chi connectivity index (χ1) is 9.90. The lowest BCUT2D eigenvalue weighted by Gasteiger charge is -2.13. The van der Waals surface area contributed by atoms with E-state index in [0.29, 0.717) is 5.92 Å². The van der Waals surface area contributed by atoms with Crippen LogP contribution in [0.15, 0.2) is 29.6 Å². The maximum absolute atomic E-state index is 4.71. The van der Waals surface area contributed by atoms with Gasteiger partial charge in [-0.3, -0.25) is 0 Å². The van der Waals surface area contributed by atoms with Gasteiger partial charge in [-0.05, 0) is 30.0 Å². The molecule has 0 spiro atoms. The van der Waals surface area contributed by atoms with Gasteiger partial charge in [-0.25, -0.2) is 4.98 Å². The zero-order valence-corrected chi connectivity index (χ0v) is 14.6. The first-order valence-corrected chi connectivity index (χ1v) is 8.57. The zero-order valence-electron chi connectivity index (χ0n) is 13.7. The Labute approximate surface area is 132 Å². The van der Waals surface area contributed by atoms with Crippen molar-refractivity contribution in [2.75, 3.05) is 5.32 Å². The predicted molar refractivity (Wildman–Crippen MR) is 93.3 cm³/mol. The number of nitrogens with one attached hydrogen (secondary N) is 1. The van der Waals surface area contributed by atoms with Crippen molar-refractivity contribution in [1.82, 2.24) is 4.98 Å². The molecule has 1 aromatic heterocycles. The molecule has 1 N–H and O–H groups in total. The third-order valence-corrected chi connectivity index (χ3v) is 5.08. The van der Waals surface area contributed by atoms with Crippen molar-refractivity contribution in [2.45, 2.75) is 58.9 Å². The van der Waals surface area contributed by atoms with Crippen LogP contribution in [0.4, 0.5) is 5.69 Å². The van der Waals surface area contributed by atoms with Gasteiger partial charge in [0, 0.05) is 16.5 Å². The summed E-state index contributed by atoms with van der Waals surface area (Å²) in [5.41, 5.74) is 3.83. The van der Waals surface area contributed by atoms with E-state index in [4.69, 9.17) is 4.98 Å². The molecular formula is C18H26N2S. The van der Waals surface area contributed by atoms with Crippen LogP contribution in [0.1, 0.15) is 63.2 Å². The molecule has 21 heavy (non-hydrogen) atoms. The quantitative estimate of drug-likeness (QED) is 0.781. The molecule has 114 valence electrons. The third kappa shape index (κ3) is 4.31. The van der Waals surface area contributed by atoms with Crippen LogP contribution in [-0.2, 0) is 12.0 Å². The summed E-state index contributed by atoms with van der Waals surface area (Å²) >= 11 is 1.75. The molecule has 0 saturated heterocycles. The van der Waals surface area contributed by atoms with Gasteiger partial charge in [0.15, 0.2) is 0 Å². The van der Waals surface area contributed by atoms with Gasteiger partial charge in [0.25, 0.3) is 0 Å². The summed E-state index contributed by atoms with van der Waals surface area (Å²) < 4.78 is 0. The van der Waals surface area contributed by atoms with Crippen LogP contribution in [0.2, 0.25) is 0 Å². The van der Waals surface area contributed by atoms with Crippen LogP contribution in [0.3, 0.4) is 0 Å². The molecule has 0 fully saturated rings. The van der Waals surface area contributed by atoms with Gasteiger partial charge in [-0.2, -0.15) is 0 Å². The molecule has 3 heteroatoms. The van der Waals surface area contributed by atoms with Gasteiger partial charge in [0.2, 0.25) is 0 Å². The molecule has 2 nitrogen and oxygen atoms in total. The van der Waals surface area contributed by atoms with Crippen LogP contribution in [0.25, 0.3) is 0 Å². The van der Waals surface area contributed by atoms with E-state index < -0.39 is 0 Å². The number of anilines is 1. The van der Waals surface area contributed by atoms with E-state index in [9.17, 15) is 0 Å². The second-order valence-electron chi connectivity index (χ2n) is 6.68. The maximum atomic E-state index is 4.71. The van der Waals surface area contributed by atoms with Crippen LogP contribution in [0.5, 0.6) is 0 Å². The van der Waals surface area contributed by atoms with Crippen molar-refractivity contribution in [1.29, 1.82) is 0 Å². The molecule has 0 radical (unpaired) electrons. The molecule has 0 bridgehead atoms. The molecule has 0 aliphatic carbocycles. The van der Waals surface area contributed by atoms with E-state index in [1.165, 1.54) is 17.0 Å². The van der Waals surface area contributed by atoms with E-state index in [1.54, 1.807) is 11.3 Å². The molecule has 0 aliphatic rings. The Kier molecular flexibility index (Phi) is 5.04. The Balaban J connectivity index is 1.95. The summed E-state index contributed by atoms with van der Waals surface area (Å²) in [6.45, 7) is 11.9. The normalized spacial score (nSPS) is 13.2. The number of nitrogens with zero attached hydrogens (tertiary/aromatic N) is 1. The summed E-state index contributed by atoms with van der Waals surface area (Å²) in [7, 11) is 0. The molecule has 1 unspecified atom stereocenters. The molecule has 0 saturated carbocycles. The summed E-state index contributed by atoms with van der Waals surface area (Å²) in [6, 6.07) is 8.77. The van der Waals surface area contributed by atoms with E-state index in [1.807, 2.05) is 0 Å². The van der Waals surface area contributed by atoms with E-state index in [0.717, 1.165) is 17.9 Å². The second kappa shape index (κ2) is 6.61. The van der Waals surface area contributed by atoms with Gasteiger partial charge < -0.3 is 5.32 Å². The monoisotopic (exact) mass is 302 g/mol.